The number of ether oxygens (including phenoxy) is 1. The summed E-state index contributed by atoms with van der Waals surface area (Å²) in [4.78, 5) is 10.5. The van der Waals surface area contributed by atoms with E-state index in [4.69, 9.17) is 50.7 Å². The Kier molecular flexibility index (Phi) is 25.4. The molecule has 0 aromatic carbocycles. The number of hydrogen-bond donors (Lipinski definition) is 10. The number of carbonyl (C=O) groups is 1. The summed E-state index contributed by atoms with van der Waals surface area (Å²) in [6, 6.07) is 0. The molecule has 0 aliphatic carbocycles. The Hall–Kier alpha value is -0.930. The molecule has 12 nitrogen and oxygen atoms in total. The van der Waals surface area contributed by atoms with Crippen LogP contribution in [0.4, 0.5) is 0 Å². The largest absolute Gasteiger partial charge is 0.477 e. The van der Waals surface area contributed by atoms with Crippen molar-refractivity contribution >= 4 is 5.97 Å². The quantitative estimate of drug-likeness (QED) is 0.0494. The predicted octanol–water partition coefficient (Wildman–Crippen LogP) is 0.524. The van der Waals surface area contributed by atoms with Gasteiger partial charge in [0.1, 0.15) is 6.10 Å². The van der Waals surface area contributed by atoms with Crippen molar-refractivity contribution < 1.29 is 60.6 Å². The van der Waals surface area contributed by atoms with Crippen LogP contribution in [0.1, 0.15) is 96.8 Å². The summed E-state index contributed by atoms with van der Waals surface area (Å²) in [6.45, 7) is -0.772. The molecule has 1 atom stereocenters. The highest BCUT2D eigenvalue weighted by Gasteiger charge is 2.41. The topological polar surface area (TPSA) is 229 Å². The predicted molar refractivity (Wildman–Crippen MR) is 149 cm³/mol. The second kappa shape index (κ2) is 24.6. The molecule has 0 rings (SSSR count). The fourth-order valence-electron chi connectivity index (χ4n) is 3.76. The van der Waals surface area contributed by atoms with Crippen molar-refractivity contribution in [2.75, 3.05) is 52.9 Å². The lowest BCUT2D eigenvalue weighted by Gasteiger charge is -2.31. The maximum absolute atomic E-state index is 10.5. The highest BCUT2D eigenvalue weighted by molar-refractivity contribution is 5.75. The van der Waals surface area contributed by atoms with Gasteiger partial charge in [-0.15, -0.1) is 0 Å². The molecule has 0 amide bonds. The van der Waals surface area contributed by atoms with E-state index in [0.717, 1.165) is 19.3 Å². The first kappa shape index (κ1) is 41.2. The molecule has 0 aliphatic rings. The van der Waals surface area contributed by atoms with E-state index in [9.17, 15) is 9.90 Å². The van der Waals surface area contributed by atoms with Crippen molar-refractivity contribution in [1.29, 1.82) is 0 Å². The summed E-state index contributed by atoms with van der Waals surface area (Å²) < 4.78 is 5.15. The molecule has 0 spiro atoms. The molecule has 10 N–H and O–H groups in total. The molecule has 0 aromatic heterocycles. The lowest BCUT2D eigenvalue weighted by Crippen LogP contribution is -2.49. The minimum absolute atomic E-state index is 0.0943. The number of carboxylic acid groups (broad SMARTS) is 1. The molecule has 0 heterocycles. The van der Waals surface area contributed by atoms with Crippen LogP contribution in [-0.4, -0.2) is 122 Å². The van der Waals surface area contributed by atoms with Crippen LogP contribution >= 0.6 is 0 Å². The van der Waals surface area contributed by atoms with E-state index in [2.05, 4.69) is 6.92 Å². The standard InChI is InChI=1S/C18H36O5.C10H22O7/c1-2-3-4-5-6-7-8-9-10-11-12-13-14-15-16(19)18(22,23)17(20)21;11-1-9(2-12,3-13)7-17-8-10(4-14,5-15)6-16/h16,19,22-23H,2-15H2,1H3,(H,20,21);11-16H,1-8H2. The van der Waals surface area contributed by atoms with Crippen molar-refractivity contribution in [3.8, 4) is 0 Å². The van der Waals surface area contributed by atoms with E-state index >= 15 is 0 Å². The number of carboxylic acids is 1. The average molecular weight is 587 g/mol. The van der Waals surface area contributed by atoms with E-state index < -0.39 is 68.3 Å². The smallest absolute Gasteiger partial charge is 0.366 e. The normalized spacial score (nSPS) is 13.2. The summed E-state index contributed by atoms with van der Waals surface area (Å²) in [5.74, 6) is -4.84. The zero-order valence-electron chi connectivity index (χ0n) is 24.4. The van der Waals surface area contributed by atoms with E-state index in [1.165, 1.54) is 57.8 Å². The van der Waals surface area contributed by atoms with Gasteiger partial charge < -0.3 is 55.8 Å². The van der Waals surface area contributed by atoms with Crippen LogP contribution in [0.2, 0.25) is 0 Å². The van der Waals surface area contributed by atoms with Crippen LogP contribution in [-0.2, 0) is 9.53 Å². The van der Waals surface area contributed by atoms with Gasteiger partial charge >= 0.3 is 5.97 Å². The van der Waals surface area contributed by atoms with Gasteiger partial charge in [-0.25, -0.2) is 4.79 Å². The maximum Gasteiger partial charge on any atom is 0.366 e. The molecular formula is C28H58O12. The number of unbranched alkanes of at least 4 members (excludes halogenated alkanes) is 12. The first-order valence-electron chi connectivity index (χ1n) is 14.6. The van der Waals surface area contributed by atoms with Gasteiger partial charge in [0, 0.05) is 0 Å². The zero-order valence-corrected chi connectivity index (χ0v) is 24.4. The van der Waals surface area contributed by atoms with Gasteiger partial charge in [0.05, 0.1) is 63.7 Å². The van der Waals surface area contributed by atoms with Crippen LogP contribution < -0.4 is 0 Å². The Morgan fingerprint density at radius 2 is 0.900 bits per heavy atom. The van der Waals surface area contributed by atoms with Crippen molar-refractivity contribution in [3.05, 3.63) is 0 Å². The van der Waals surface area contributed by atoms with Gasteiger partial charge in [-0.2, -0.15) is 0 Å². The van der Waals surface area contributed by atoms with Crippen molar-refractivity contribution in [2.24, 2.45) is 10.8 Å². The zero-order chi connectivity index (χ0) is 30.9. The fraction of sp³-hybridized carbons (Fsp3) is 0.964. The molecule has 0 aromatic rings. The van der Waals surface area contributed by atoms with Gasteiger partial charge in [-0.05, 0) is 6.42 Å². The van der Waals surface area contributed by atoms with E-state index in [-0.39, 0.29) is 19.6 Å². The molecule has 0 fully saturated rings. The Labute approximate surface area is 239 Å². The molecule has 1 unspecified atom stereocenters. The van der Waals surface area contributed by atoms with E-state index in [1.54, 1.807) is 0 Å². The number of aliphatic carboxylic acids is 1. The van der Waals surface area contributed by atoms with Crippen LogP contribution in [0, 0.1) is 10.8 Å². The summed E-state index contributed by atoms with van der Waals surface area (Å²) in [7, 11) is 0. The molecule has 0 aliphatic heterocycles. The lowest BCUT2D eigenvalue weighted by atomic mass is 9.91. The third-order valence-corrected chi connectivity index (χ3v) is 7.19. The number of rotatable bonds is 26. The van der Waals surface area contributed by atoms with Crippen LogP contribution in [0.3, 0.4) is 0 Å². The minimum atomic E-state index is -3.03. The first-order valence-corrected chi connectivity index (χ1v) is 14.6. The Morgan fingerprint density at radius 1 is 0.600 bits per heavy atom. The summed E-state index contributed by atoms with van der Waals surface area (Å²) in [6.07, 6.45) is 14.0. The van der Waals surface area contributed by atoms with Crippen LogP contribution in [0.15, 0.2) is 0 Å². The second-order valence-corrected chi connectivity index (χ2v) is 11.0. The molecule has 40 heavy (non-hydrogen) atoms. The van der Waals surface area contributed by atoms with Gasteiger partial charge in [0.25, 0.3) is 5.79 Å². The van der Waals surface area contributed by atoms with Crippen LogP contribution in [0.25, 0.3) is 0 Å². The molecule has 0 radical (unpaired) electrons. The van der Waals surface area contributed by atoms with Crippen LogP contribution in [0.5, 0.6) is 0 Å². The Balaban J connectivity index is 0. The van der Waals surface area contributed by atoms with Gasteiger partial charge in [0.15, 0.2) is 0 Å². The highest BCUT2D eigenvalue weighted by atomic mass is 16.6. The first-order chi connectivity index (χ1) is 19.0. The van der Waals surface area contributed by atoms with Crippen molar-refractivity contribution in [1.82, 2.24) is 0 Å². The molecule has 12 heteroatoms. The molecule has 0 bridgehead atoms. The van der Waals surface area contributed by atoms with E-state index in [0.29, 0.717) is 6.42 Å². The van der Waals surface area contributed by atoms with Gasteiger partial charge in [-0.1, -0.05) is 90.4 Å². The Bertz CT molecular complexity index is 543. The van der Waals surface area contributed by atoms with Gasteiger partial charge in [0.2, 0.25) is 0 Å². The third kappa shape index (κ3) is 17.8. The summed E-state index contributed by atoms with van der Waals surface area (Å²) >= 11 is 0. The average Bonchev–Trinajstić information content (AvgIpc) is 2.96. The maximum atomic E-state index is 10.5. The van der Waals surface area contributed by atoms with E-state index in [1.807, 2.05) is 0 Å². The Morgan fingerprint density at radius 3 is 1.18 bits per heavy atom. The lowest BCUT2D eigenvalue weighted by molar-refractivity contribution is -0.237. The van der Waals surface area contributed by atoms with Crippen molar-refractivity contribution in [3.63, 3.8) is 0 Å². The van der Waals surface area contributed by atoms with Gasteiger partial charge in [-0.3, -0.25) is 0 Å². The molecular weight excluding hydrogens is 528 g/mol. The molecule has 0 saturated heterocycles. The number of hydrogen-bond acceptors (Lipinski definition) is 11. The third-order valence-electron chi connectivity index (χ3n) is 7.19. The number of aliphatic hydroxyl groups is 9. The number of aliphatic hydroxyl groups excluding tert-OH is 7. The summed E-state index contributed by atoms with van der Waals surface area (Å²) in [5.41, 5.74) is -2.32. The minimum Gasteiger partial charge on any atom is -0.477 e. The second-order valence-electron chi connectivity index (χ2n) is 11.0. The highest BCUT2D eigenvalue weighted by Crippen LogP contribution is 2.20. The summed E-state index contributed by atoms with van der Waals surface area (Å²) in [5, 5.41) is 90.5. The molecule has 0 saturated carbocycles. The van der Waals surface area contributed by atoms with Crippen molar-refractivity contribution in [2.45, 2.75) is 109 Å². The fourth-order valence-corrected chi connectivity index (χ4v) is 3.76. The SMILES string of the molecule is CCCCCCCCCCCCCCCC(O)C(O)(O)C(=O)O.OCC(CO)(CO)COCC(CO)(CO)CO. The molecule has 242 valence electrons. The monoisotopic (exact) mass is 586 g/mol.